The third kappa shape index (κ3) is 3.23. The molecule has 0 N–H and O–H groups in total. The van der Waals surface area contributed by atoms with Crippen LogP contribution in [0, 0.1) is 0 Å². The van der Waals surface area contributed by atoms with Crippen molar-refractivity contribution in [3.05, 3.63) is 53.0 Å². The van der Waals surface area contributed by atoms with Crippen molar-refractivity contribution in [2.24, 2.45) is 0 Å². The second-order valence-electron chi connectivity index (χ2n) is 6.31. The van der Waals surface area contributed by atoms with Crippen molar-refractivity contribution in [2.45, 2.75) is 24.9 Å². The molecule has 4 rings (SSSR count). The third-order valence-electron chi connectivity index (χ3n) is 4.60. The van der Waals surface area contributed by atoms with Crippen molar-refractivity contribution in [1.29, 1.82) is 0 Å². The summed E-state index contributed by atoms with van der Waals surface area (Å²) in [6, 6.07) is 8.53. The SMILES string of the molecule is FC(F)(F)c1cnc(N2CCC(c3nc4ccccc4o3)CC2)c(Cl)c1. The minimum Gasteiger partial charge on any atom is -0.440 e. The van der Waals surface area contributed by atoms with Crippen molar-refractivity contribution >= 4 is 28.5 Å². The second kappa shape index (κ2) is 6.46. The summed E-state index contributed by atoms with van der Waals surface area (Å²) >= 11 is 6.04. The molecule has 1 aliphatic rings. The minimum atomic E-state index is -4.45. The maximum atomic E-state index is 12.7. The molecular formula is C18H15ClF3N3O. The Morgan fingerprint density at radius 3 is 2.54 bits per heavy atom. The van der Waals surface area contributed by atoms with E-state index in [1.54, 1.807) is 0 Å². The number of oxazole rings is 1. The van der Waals surface area contributed by atoms with Crippen molar-refractivity contribution in [2.75, 3.05) is 18.0 Å². The summed E-state index contributed by atoms with van der Waals surface area (Å²) in [4.78, 5) is 10.4. The highest BCUT2D eigenvalue weighted by Gasteiger charge is 2.33. The number of piperidine rings is 1. The van der Waals surface area contributed by atoms with E-state index in [0.29, 0.717) is 24.8 Å². The molecule has 0 amide bonds. The van der Waals surface area contributed by atoms with Gasteiger partial charge in [-0.3, -0.25) is 0 Å². The number of para-hydroxylation sites is 2. The van der Waals surface area contributed by atoms with Crippen molar-refractivity contribution in [3.8, 4) is 0 Å². The van der Waals surface area contributed by atoms with Crippen LogP contribution in [-0.4, -0.2) is 23.1 Å². The Balaban J connectivity index is 1.48. The maximum absolute atomic E-state index is 12.7. The fourth-order valence-corrected chi connectivity index (χ4v) is 3.51. The minimum absolute atomic E-state index is 0.0140. The van der Waals surface area contributed by atoms with Crippen LogP contribution in [0.4, 0.5) is 19.0 Å². The standard InChI is InChI=1S/C18H15ClF3N3O/c19-13-9-12(18(20,21)22)10-23-16(13)25-7-5-11(6-8-25)17-24-14-3-1-2-4-15(14)26-17/h1-4,9-11H,5-8H2. The molecule has 0 saturated carbocycles. The number of hydrogen-bond acceptors (Lipinski definition) is 4. The first-order valence-electron chi connectivity index (χ1n) is 8.25. The average Bonchev–Trinajstić information content (AvgIpc) is 3.05. The first-order chi connectivity index (χ1) is 12.4. The highest BCUT2D eigenvalue weighted by Crippen LogP contribution is 2.36. The highest BCUT2D eigenvalue weighted by atomic mass is 35.5. The van der Waals surface area contributed by atoms with E-state index >= 15 is 0 Å². The number of nitrogens with zero attached hydrogens (tertiary/aromatic N) is 3. The van der Waals surface area contributed by atoms with Gasteiger partial charge in [0, 0.05) is 25.2 Å². The number of fused-ring (bicyclic) bond motifs is 1. The van der Waals surface area contributed by atoms with E-state index in [-0.39, 0.29) is 10.9 Å². The van der Waals surface area contributed by atoms with Crippen LogP contribution in [0.25, 0.3) is 11.1 Å². The summed E-state index contributed by atoms with van der Waals surface area (Å²) in [6.07, 6.45) is -2.08. The lowest BCUT2D eigenvalue weighted by Gasteiger charge is -2.32. The molecule has 1 aliphatic heterocycles. The number of halogens is 4. The lowest BCUT2D eigenvalue weighted by Crippen LogP contribution is -2.33. The van der Waals surface area contributed by atoms with Crippen LogP contribution >= 0.6 is 11.6 Å². The Morgan fingerprint density at radius 1 is 1.15 bits per heavy atom. The van der Waals surface area contributed by atoms with Crippen molar-refractivity contribution in [3.63, 3.8) is 0 Å². The summed E-state index contributed by atoms with van der Waals surface area (Å²) in [5.41, 5.74) is 0.752. The lowest BCUT2D eigenvalue weighted by atomic mass is 9.97. The summed E-state index contributed by atoms with van der Waals surface area (Å²) in [7, 11) is 0. The fourth-order valence-electron chi connectivity index (χ4n) is 3.22. The fraction of sp³-hybridized carbons (Fsp3) is 0.333. The van der Waals surface area contributed by atoms with E-state index in [1.807, 2.05) is 29.2 Å². The molecule has 0 unspecified atom stereocenters. The predicted octanol–water partition coefficient (Wildman–Crippen LogP) is 5.28. The van der Waals surface area contributed by atoms with E-state index < -0.39 is 11.7 Å². The Hall–Kier alpha value is -2.28. The molecule has 4 nitrogen and oxygen atoms in total. The smallest absolute Gasteiger partial charge is 0.417 e. The lowest BCUT2D eigenvalue weighted by molar-refractivity contribution is -0.137. The van der Waals surface area contributed by atoms with Crippen LogP contribution < -0.4 is 4.90 Å². The van der Waals surface area contributed by atoms with Gasteiger partial charge in [-0.15, -0.1) is 0 Å². The van der Waals surface area contributed by atoms with Crippen LogP contribution in [0.2, 0.25) is 5.02 Å². The molecule has 3 heterocycles. The zero-order chi connectivity index (χ0) is 18.3. The molecule has 0 aliphatic carbocycles. The molecular weight excluding hydrogens is 367 g/mol. The number of anilines is 1. The number of alkyl halides is 3. The van der Waals surface area contributed by atoms with Gasteiger partial charge in [0.05, 0.1) is 10.6 Å². The largest absolute Gasteiger partial charge is 0.440 e. The molecule has 1 aromatic carbocycles. The van der Waals surface area contributed by atoms with Gasteiger partial charge in [-0.2, -0.15) is 13.2 Å². The molecule has 0 atom stereocenters. The molecule has 2 aromatic heterocycles. The maximum Gasteiger partial charge on any atom is 0.417 e. The van der Waals surface area contributed by atoms with Gasteiger partial charge in [-0.05, 0) is 31.0 Å². The molecule has 0 spiro atoms. The zero-order valence-corrected chi connectivity index (χ0v) is 14.4. The van der Waals surface area contributed by atoms with Crippen LogP contribution in [0.1, 0.15) is 30.2 Å². The van der Waals surface area contributed by atoms with E-state index in [4.69, 9.17) is 16.0 Å². The molecule has 136 valence electrons. The average molecular weight is 382 g/mol. The third-order valence-corrected chi connectivity index (χ3v) is 4.88. The second-order valence-corrected chi connectivity index (χ2v) is 6.72. The number of hydrogen-bond donors (Lipinski definition) is 0. The van der Waals surface area contributed by atoms with Gasteiger partial charge in [-0.25, -0.2) is 9.97 Å². The number of rotatable bonds is 2. The number of aromatic nitrogens is 2. The zero-order valence-electron chi connectivity index (χ0n) is 13.6. The van der Waals surface area contributed by atoms with Crippen LogP contribution in [-0.2, 0) is 6.18 Å². The van der Waals surface area contributed by atoms with Gasteiger partial charge in [0.25, 0.3) is 0 Å². The molecule has 0 bridgehead atoms. The summed E-state index contributed by atoms with van der Waals surface area (Å²) < 4.78 is 44.0. The van der Waals surface area contributed by atoms with Crippen molar-refractivity contribution in [1.82, 2.24) is 9.97 Å². The van der Waals surface area contributed by atoms with Gasteiger partial charge in [0.2, 0.25) is 0 Å². The van der Waals surface area contributed by atoms with Crippen LogP contribution in [0.15, 0.2) is 40.9 Å². The number of pyridine rings is 1. The summed E-state index contributed by atoms with van der Waals surface area (Å²) in [5, 5.41) is 0.0140. The Kier molecular flexibility index (Phi) is 4.26. The Morgan fingerprint density at radius 2 is 1.88 bits per heavy atom. The van der Waals surface area contributed by atoms with E-state index in [2.05, 4.69) is 9.97 Å². The van der Waals surface area contributed by atoms with E-state index in [1.165, 1.54) is 0 Å². The van der Waals surface area contributed by atoms with Gasteiger partial charge in [-0.1, -0.05) is 23.7 Å². The van der Waals surface area contributed by atoms with Gasteiger partial charge >= 0.3 is 6.18 Å². The van der Waals surface area contributed by atoms with Crippen LogP contribution in [0.3, 0.4) is 0 Å². The Labute approximate surface area is 152 Å². The molecule has 26 heavy (non-hydrogen) atoms. The quantitative estimate of drug-likeness (QED) is 0.605. The Bertz CT molecular complexity index is 900. The predicted molar refractivity (Wildman–Crippen MR) is 92.4 cm³/mol. The van der Waals surface area contributed by atoms with E-state index in [0.717, 1.165) is 36.2 Å². The number of benzene rings is 1. The van der Waals surface area contributed by atoms with E-state index in [9.17, 15) is 13.2 Å². The normalized spacial score (nSPS) is 16.4. The summed E-state index contributed by atoms with van der Waals surface area (Å²) in [6.45, 7) is 1.25. The van der Waals surface area contributed by atoms with Gasteiger partial charge < -0.3 is 9.32 Å². The monoisotopic (exact) mass is 381 g/mol. The highest BCUT2D eigenvalue weighted by molar-refractivity contribution is 6.33. The van der Waals surface area contributed by atoms with Crippen molar-refractivity contribution < 1.29 is 17.6 Å². The molecule has 1 saturated heterocycles. The molecule has 1 fully saturated rings. The first-order valence-corrected chi connectivity index (χ1v) is 8.63. The molecule has 0 radical (unpaired) electrons. The van der Waals surface area contributed by atoms with Crippen LogP contribution in [0.5, 0.6) is 0 Å². The molecule has 8 heteroatoms. The topological polar surface area (TPSA) is 42.2 Å². The summed E-state index contributed by atoms with van der Waals surface area (Å²) in [5.74, 6) is 1.26. The van der Waals surface area contributed by atoms with Gasteiger partial charge in [0.15, 0.2) is 11.5 Å². The first kappa shape index (κ1) is 17.1. The molecule has 3 aromatic rings. The van der Waals surface area contributed by atoms with Gasteiger partial charge in [0.1, 0.15) is 11.3 Å².